The Kier molecular flexibility index (Phi) is 4.03. The Morgan fingerprint density at radius 3 is 2.37 bits per heavy atom. The van der Waals surface area contributed by atoms with Crippen LogP contribution in [0.1, 0.15) is 40.2 Å². The average Bonchev–Trinajstić information content (AvgIpc) is 2.34. The van der Waals surface area contributed by atoms with Crippen molar-refractivity contribution in [2.24, 2.45) is 11.3 Å². The molecule has 1 saturated heterocycles. The third kappa shape index (κ3) is 3.37. The molecule has 2 heteroatoms. The molecule has 1 heterocycles. The van der Waals surface area contributed by atoms with E-state index in [2.05, 4.69) is 58.9 Å². The molecule has 0 radical (unpaired) electrons. The van der Waals surface area contributed by atoms with Crippen molar-refractivity contribution in [2.75, 3.05) is 6.61 Å². The van der Waals surface area contributed by atoms with Gasteiger partial charge >= 0.3 is 0 Å². The summed E-state index contributed by atoms with van der Waals surface area (Å²) >= 11 is 0. The van der Waals surface area contributed by atoms with Gasteiger partial charge in [0, 0.05) is 11.8 Å². The molecule has 2 rings (SSSR count). The minimum atomic E-state index is -0.508. The quantitative estimate of drug-likeness (QED) is 0.818. The monoisotopic (exact) mass is 262 g/mol. The lowest BCUT2D eigenvalue weighted by molar-refractivity contribution is -0.327. The van der Waals surface area contributed by atoms with Gasteiger partial charge in [0.1, 0.15) is 0 Å². The second-order valence-corrected chi connectivity index (χ2v) is 6.86. The number of benzene rings is 1. The van der Waals surface area contributed by atoms with Gasteiger partial charge in [0.2, 0.25) is 0 Å². The van der Waals surface area contributed by atoms with Crippen LogP contribution >= 0.6 is 0 Å². The van der Waals surface area contributed by atoms with Gasteiger partial charge in [-0.15, -0.1) is 0 Å². The lowest BCUT2D eigenvalue weighted by atomic mass is 9.80. The standard InChI is InChI=1S/C17H26O2/c1-13(2)15-16(3,4)12-18-17(5,19-15)11-14-9-7-6-8-10-14/h6-10,13,15H,11-12H2,1-5H3/t15-,17-/m0/s1. The molecule has 1 aromatic rings. The summed E-state index contributed by atoms with van der Waals surface area (Å²) in [4.78, 5) is 0. The van der Waals surface area contributed by atoms with E-state index < -0.39 is 5.79 Å². The van der Waals surface area contributed by atoms with E-state index in [-0.39, 0.29) is 11.5 Å². The van der Waals surface area contributed by atoms with Crippen molar-refractivity contribution >= 4 is 0 Å². The Bertz CT molecular complexity index is 411. The van der Waals surface area contributed by atoms with Crippen LogP contribution in [0.3, 0.4) is 0 Å². The molecule has 2 nitrogen and oxygen atoms in total. The van der Waals surface area contributed by atoms with Gasteiger partial charge in [-0.3, -0.25) is 0 Å². The van der Waals surface area contributed by atoms with Gasteiger partial charge in [-0.1, -0.05) is 58.0 Å². The molecule has 1 aliphatic rings. The summed E-state index contributed by atoms with van der Waals surface area (Å²) in [7, 11) is 0. The Labute approximate surface area is 117 Å². The lowest BCUT2D eigenvalue weighted by Gasteiger charge is -2.49. The van der Waals surface area contributed by atoms with Gasteiger partial charge in [0.15, 0.2) is 5.79 Å². The predicted molar refractivity (Wildman–Crippen MR) is 78.0 cm³/mol. The molecular formula is C17H26O2. The molecule has 2 atom stereocenters. The molecule has 0 bridgehead atoms. The number of hydrogen-bond donors (Lipinski definition) is 0. The second kappa shape index (κ2) is 5.26. The van der Waals surface area contributed by atoms with E-state index in [0.29, 0.717) is 5.92 Å². The molecule has 106 valence electrons. The highest BCUT2D eigenvalue weighted by Crippen LogP contribution is 2.39. The molecule has 0 aliphatic carbocycles. The largest absolute Gasteiger partial charge is 0.349 e. The van der Waals surface area contributed by atoms with E-state index in [1.54, 1.807) is 0 Å². The molecule has 1 aliphatic heterocycles. The van der Waals surface area contributed by atoms with E-state index in [4.69, 9.17) is 9.47 Å². The van der Waals surface area contributed by atoms with Crippen LogP contribution in [0.15, 0.2) is 30.3 Å². The third-order valence-corrected chi connectivity index (χ3v) is 3.87. The molecule has 0 spiro atoms. The summed E-state index contributed by atoms with van der Waals surface area (Å²) in [5.74, 6) is -0.0137. The number of rotatable bonds is 3. The van der Waals surface area contributed by atoms with Gasteiger partial charge < -0.3 is 9.47 Å². The van der Waals surface area contributed by atoms with Crippen LogP contribution in [0, 0.1) is 11.3 Å². The maximum absolute atomic E-state index is 6.33. The predicted octanol–water partition coefficient (Wildman–Crippen LogP) is 4.04. The van der Waals surface area contributed by atoms with Crippen LogP contribution in [0.2, 0.25) is 0 Å². The SMILES string of the molecule is CC(C)[C@@H]1O[C@@](C)(Cc2ccccc2)OCC1(C)C. The zero-order chi connectivity index (χ0) is 14.1. The van der Waals surface area contributed by atoms with Crippen molar-refractivity contribution in [3.8, 4) is 0 Å². The van der Waals surface area contributed by atoms with Crippen molar-refractivity contribution in [3.05, 3.63) is 35.9 Å². The highest BCUT2D eigenvalue weighted by molar-refractivity contribution is 5.16. The first-order valence-corrected chi connectivity index (χ1v) is 7.18. The Hall–Kier alpha value is -0.860. The second-order valence-electron chi connectivity index (χ2n) is 6.86. The summed E-state index contributed by atoms with van der Waals surface area (Å²) in [6, 6.07) is 10.4. The molecule has 1 fully saturated rings. The van der Waals surface area contributed by atoms with E-state index in [1.807, 2.05) is 6.07 Å². The van der Waals surface area contributed by atoms with Gasteiger partial charge in [-0.05, 0) is 18.4 Å². The summed E-state index contributed by atoms with van der Waals surface area (Å²) in [5, 5.41) is 0. The molecule has 0 unspecified atom stereocenters. The summed E-state index contributed by atoms with van der Waals surface area (Å²) in [6.07, 6.45) is 1.03. The van der Waals surface area contributed by atoms with Gasteiger partial charge in [-0.25, -0.2) is 0 Å². The minimum absolute atomic E-state index is 0.0738. The maximum Gasteiger partial charge on any atom is 0.169 e. The van der Waals surface area contributed by atoms with E-state index in [9.17, 15) is 0 Å². The van der Waals surface area contributed by atoms with E-state index >= 15 is 0 Å². The zero-order valence-electron chi connectivity index (χ0n) is 12.8. The molecule has 19 heavy (non-hydrogen) atoms. The molecule has 0 N–H and O–H groups in total. The number of hydrogen-bond acceptors (Lipinski definition) is 2. The van der Waals surface area contributed by atoms with Crippen molar-refractivity contribution in [1.82, 2.24) is 0 Å². The van der Waals surface area contributed by atoms with Crippen molar-refractivity contribution in [1.29, 1.82) is 0 Å². The Morgan fingerprint density at radius 2 is 1.79 bits per heavy atom. The summed E-state index contributed by atoms with van der Waals surface area (Å²) < 4.78 is 12.4. The van der Waals surface area contributed by atoms with Gasteiger partial charge in [0.05, 0.1) is 12.7 Å². The lowest BCUT2D eigenvalue weighted by Crippen LogP contribution is -2.54. The third-order valence-electron chi connectivity index (χ3n) is 3.87. The molecular weight excluding hydrogens is 236 g/mol. The molecule has 1 aromatic carbocycles. The highest BCUT2D eigenvalue weighted by atomic mass is 16.7. The van der Waals surface area contributed by atoms with Crippen LogP contribution in [0.25, 0.3) is 0 Å². The molecule has 0 aromatic heterocycles. The highest BCUT2D eigenvalue weighted by Gasteiger charge is 2.45. The van der Waals surface area contributed by atoms with Crippen LogP contribution in [-0.2, 0) is 15.9 Å². The van der Waals surface area contributed by atoms with Crippen molar-refractivity contribution in [2.45, 2.75) is 52.9 Å². The molecule has 0 amide bonds. The van der Waals surface area contributed by atoms with Crippen LogP contribution in [0.4, 0.5) is 0 Å². The van der Waals surface area contributed by atoms with E-state index in [1.165, 1.54) is 5.56 Å². The van der Waals surface area contributed by atoms with Crippen LogP contribution in [-0.4, -0.2) is 18.5 Å². The van der Waals surface area contributed by atoms with Gasteiger partial charge in [0.25, 0.3) is 0 Å². The normalized spacial score (nSPS) is 30.5. The first-order chi connectivity index (χ1) is 8.82. The van der Waals surface area contributed by atoms with Crippen LogP contribution in [0.5, 0.6) is 0 Å². The number of ether oxygens (including phenoxy) is 2. The summed E-state index contributed by atoms with van der Waals surface area (Å²) in [6.45, 7) is 11.7. The average molecular weight is 262 g/mol. The van der Waals surface area contributed by atoms with E-state index in [0.717, 1.165) is 13.0 Å². The first-order valence-electron chi connectivity index (χ1n) is 7.18. The minimum Gasteiger partial charge on any atom is -0.349 e. The van der Waals surface area contributed by atoms with Crippen molar-refractivity contribution < 1.29 is 9.47 Å². The first kappa shape index (κ1) is 14.5. The fourth-order valence-corrected chi connectivity index (χ4v) is 2.98. The maximum atomic E-state index is 6.33. The fraction of sp³-hybridized carbons (Fsp3) is 0.647. The van der Waals surface area contributed by atoms with Crippen LogP contribution < -0.4 is 0 Å². The van der Waals surface area contributed by atoms with Gasteiger partial charge in [-0.2, -0.15) is 0 Å². The summed E-state index contributed by atoms with van der Waals surface area (Å²) in [5.41, 5.74) is 1.33. The zero-order valence-corrected chi connectivity index (χ0v) is 12.8. The van der Waals surface area contributed by atoms with Crippen molar-refractivity contribution in [3.63, 3.8) is 0 Å². The molecule has 0 saturated carbocycles. The smallest absolute Gasteiger partial charge is 0.169 e. The fourth-order valence-electron chi connectivity index (χ4n) is 2.98. The Morgan fingerprint density at radius 1 is 1.16 bits per heavy atom. The topological polar surface area (TPSA) is 18.5 Å². The Balaban J connectivity index is 2.13.